The van der Waals surface area contributed by atoms with Crippen molar-refractivity contribution in [2.45, 2.75) is 37.6 Å². The third-order valence-corrected chi connectivity index (χ3v) is 8.41. The minimum atomic E-state index is -3.58. The Morgan fingerprint density at radius 1 is 1.10 bits per heavy atom. The molecule has 0 saturated heterocycles. The molecule has 0 radical (unpaired) electrons. The molecule has 0 fully saturated rings. The molecule has 1 aromatic heterocycles. The van der Waals surface area contributed by atoms with Gasteiger partial charge >= 0.3 is 0 Å². The Balaban J connectivity index is 1.53. The van der Waals surface area contributed by atoms with Gasteiger partial charge in [0.05, 0.1) is 10.6 Å². The number of benzene rings is 2. The van der Waals surface area contributed by atoms with E-state index < -0.39 is 10.0 Å². The first-order valence-electron chi connectivity index (χ1n) is 9.75. The fourth-order valence-corrected chi connectivity index (χ4v) is 5.73. The first kappa shape index (κ1) is 20.7. The van der Waals surface area contributed by atoms with Crippen LogP contribution in [0.3, 0.4) is 0 Å². The topological polar surface area (TPSA) is 79.4 Å². The highest BCUT2D eigenvalue weighted by atomic mass is 32.2. The van der Waals surface area contributed by atoms with Crippen molar-refractivity contribution < 1.29 is 13.2 Å². The molecule has 2 aromatic carbocycles. The van der Waals surface area contributed by atoms with E-state index in [1.54, 1.807) is 7.05 Å². The number of hydrogen-bond donors (Lipinski definition) is 1. The van der Waals surface area contributed by atoms with Crippen molar-refractivity contribution >= 4 is 32.4 Å². The SMILES string of the molecule is CC(C)N(C)S(=O)(=O)c1ccc(C(=O)Nc2nc3c(s2)CCc2ccccc2-3)cc1. The molecule has 0 bridgehead atoms. The van der Waals surface area contributed by atoms with Gasteiger partial charge in [0, 0.05) is 29.1 Å². The Bertz CT molecular complexity index is 1200. The summed E-state index contributed by atoms with van der Waals surface area (Å²) >= 11 is 1.49. The van der Waals surface area contributed by atoms with Crippen molar-refractivity contribution in [1.29, 1.82) is 0 Å². The lowest BCUT2D eigenvalue weighted by atomic mass is 9.94. The second-order valence-corrected chi connectivity index (χ2v) is 10.6. The smallest absolute Gasteiger partial charge is 0.257 e. The molecule has 1 aliphatic rings. The highest BCUT2D eigenvalue weighted by molar-refractivity contribution is 7.89. The van der Waals surface area contributed by atoms with Crippen molar-refractivity contribution in [3.63, 3.8) is 0 Å². The minimum absolute atomic E-state index is 0.154. The number of sulfonamides is 1. The van der Waals surface area contributed by atoms with Crippen LogP contribution in [0.15, 0.2) is 53.4 Å². The molecule has 0 unspecified atom stereocenters. The molecule has 0 aliphatic heterocycles. The molecule has 1 heterocycles. The number of carbonyl (C=O) groups excluding carboxylic acids is 1. The molecule has 3 aromatic rings. The number of fused-ring (bicyclic) bond motifs is 3. The molecule has 1 N–H and O–H groups in total. The Morgan fingerprint density at radius 3 is 2.50 bits per heavy atom. The number of hydrogen-bond acceptors (Lipinski definition) is 5. The van der Waals surface area contributed by atoms with Gasteiger partial charge in [0.1, 0.15) is 0 Å². The summed E-state index contributed by atoms with van der Waals surface area (Å²) < 4.78 is 26.5. The van der Waals surface area contributed by atoms with Crippen LogP contribution in [0.4, 0.5) is 5.13 Å². The normalized spacial score (nSPS) is 13.2. The van der Waals surface area contributed by atoms with Gasteiger partial charge in [0.25, 0.3) is 5.91 Å². The summed E-state index contributed by atoms with van der Waals surface area (Å²) in [5, 5.41) is 3.41. The Kier molecular flexibility index (Phi) is 5.48. The van der Waals surface area contributed by atoms with E-state index in [1.807, 2.05) is 26.0 Å². The Morgan fingerprint density at radius 2 is 1.80 bits per heavy atom. The molecule has 1 aliphatic carbocycles. The summed E-state index contributed by atoms with van der Waals surface area (Å²) in [6.07, 6.45) is 1.88. The lowest BCUT2D eigenvalue weighted by Crippen LogP contribution is -2.33. The molecule has 156 valence electrons. The summed E-state index contributed by atoms with van der Waals surface area (Å²) in [6.45, 7) is 3.62. The van der Waals surface area contributed by atoms with Gasteiger partial charge in [-0.1, -0.05) is 24.3 Å². The van der Waals surface area contributed by atoms with Crippen LogP contribution in [0.25, 0.3) is 11.3 Å². The van der Waals surface area contributed by atoms with Crippen LogP contribution in [0.2, 0.25) is 0 Å². The van der Waals surface area contributed by atoms with Crippen molar-refractivity contribution in [1.82, 2.24) is 9.29 Å². The van der Waals surface area contributed by atoms with E-state index >= 15 is 0 Å². The summed E-state index contributed by atoms with van der Waals surface area (Å²) in [5.41, 5.74) is 3.72. The highest BCUT2D eigenvalue weighted by Gasteiger charge is 2.24. The Labute approximate surface area is 180 Å². The number of thiazole rings is 1. The van der Waals surface area contributed by atoms with E-state index in [0.29, 0.717) is 10.7 Å². The summed E-state index contributed by atoms with van der Waals surface area (Å²) in [6, 6.07) is 14.0. The molecule has 1 amide bonds. The average Bonchev–Trinajstić information content (AvgIpc) is 3.16. The third kappa shape index (κ3) is 3.78. The molecule has 30 heavy (non-hydrogen) atoms. The van der Waals surface area contributed by atoms with Crippen LogP contribution in [0.1, 0.15) is 34.6 Å². The fraction of sp³-hybridized carbons (Fsp3) is 0.273. The predicted octanol–water partition coefficient (Wildman–Crippen LogP) is 4.19. The van der Waals surface area contributed by atoms with Crippen LogP contribution < -0.4 is 5.32 Å². The molecular formula is C22H23N3O3S2. The maximum absolute atomic E-state index is 12.7. The highest BCUT2D eigenvalue weighted by Crippen LogP contribution is 2.38. The maximum atomic E-state index is 12.7. The second kappa shape index (κ2) is 7.94. The van der Waals surface area contributed by atoms with Gasteiger partial charge < -0.3 is 0 Å². The third-order valence-electron chi connectivity index (χ3n) is 5.33. The molecular weight excluding hydrogens is 418 g/mol. The van der Waals surface area contributed by atoms with E-state index in [1.165, 1.54) is 50.3 Å². The standard InChI is InChI=1S/C22H23N3O3S2/c1-14(2)25(3)30(27,28)17-11-8-16(9-12-17)21(26)24-22-23-20-18-7-5-4-6-15(18)10-13-19(20)29-22/h4-9,11-12,14H,10,13H2,1-3H3,(H,23,24,26). The minimum Gasteiger partial charge on any atom is -0.298 e. The maximum Gasteiger partial charge on any atom is 0.257 e. The summed E-state index contributed by atoms with van der Waals surface area (Å²) in [5.74, 6) is -0.310. The summed E-state index contributed by atoms with van der Waals surface area (Å²) in [7, 11) is -2.03. The van der Waals surface area contributed by atoms with Gasteiger partial charge in [-0.15, -0.1) is 11.3 Å². The fourth-order valence-electron chi connectivity index (χ4n) is 3.39. The number of nitrogens with one attached hydrogen (secondary N) is 1. The zero-order valence-electron chi connectivity index (χ0n) is 17.0. The number of anilines is 1. The Hall–Kier alpha value is -2.55. The number of rotatable bonds is 5. The first-order valence-corrected chi connectivity index (χ1v) is 12.0. The lowest BCUT2D eigenvalue weighted by molar-refractivity contribution is 0.102. The van der Waals surface area contributed by atoms with Crippen molar-refractivity contribution in [2.75, 3.05) is 12.4 Å². The van der Waals surface area contributed by atoms with E-state index in [2.05, 4.69) is 22.4 Å². The number of aromatic nitrogens is 1. The number of nitrogens with zero attached hydrogens (tertiary/aromatic N) is 2. The van der Waals surface area contributed by atoms with Crippen molar-refractivity contribution in [3.05, 3.63) is 64.5 Å². The zero-order valence-corrected chi connectivity index (χ0v) is 18.7. The summed E-state index contributed by atoms with van der Waals surface area (Å²) in [4.78, 5) is 18.6. The number of amides is 1. The van der Waals surface area contributed by atoms with Gasteiger partial charge in [-0.05, 0) is 56.5 Å². The molecule has 0 saturated carbocycles. The monoisotopic (exact) mass is 441 g/mol. The van der Waals surface area contributed by atoms with Gasteiger partial charge in [-0.3, -0.25) is 10.1 Å². The van der Waals surface area contributed by atoms with Crippen molar-refractivity contribution in [3.8, 4) is 11.3 Å². The van der Waals surface area contributed by atoms with E-state index in [-0.39, 0.29) is 16.8 Å². The van der Waals surface area contributed by atoms with E-state index in [4.69, 9.17) is 0 Å². The molecule has 0 atom stereocenters. The number of carbonyl (C=O) groups is 1. The van der Waals surface area contributed by atoms with E-state index in [0.717, 1.165) is 24.1 Å². The lowest BCUT2D eigenvalue weighted by Gasteiger charge is -2.20. The van der Waals surface area contributed by atoms with E-state index in [9.17, 15) is 13.2 Å². The van der Waals surface area contributed by atoms with Crippen LogP contribution in [0, 0.1) is 0 Å². The largest absolute Gasteiger partial charge is 0.298 e. The van der Waals surface area contributed by atoms with Crippen LogP contribution >= 0.6 is 11.3 Å². The quantitative estimate of drug-likeness (QED) is 0.644. The average molecular weight is 442 g/mol. The molecule has 8 heteroatoms. The van der Waals surface area contributed by atoms with Crippen molar-refractivity contribution in [2.24, 2.45) is 0 Å². The van der Waals surface area contributed by atoms with Crippen LogP contribution in [0.5, 0.6) is 0 Å². The second-order valence-electron chi connectivity index (χ2n) is 7.54. The molecule has 0 spiro atoms. The van der Waals surface area contributed by atoms with Gasteiger partial charge in [0.15, 0.2) is 5.13 Å². The van der Waals surface area contributed by atoms with Gasteiger partial charge in [-0.25, -0.2) is 13.4 Å². The molecule has 4 rings (SSSR count). The number of aryl methyl sites for hydroxylation is 2. The molecule has 6 nitrogen and oxygen atoms in total. The van der Waals surface area contributed by atoms with Crippen LogP contribution in [-0.2, 0) is 22.9 Å². The predicted molar refractivity (Wildman–Crippen MR) is 119 cm³/mol. The zero-order chi connectivity index (χ0) is 21.5. The first-order chi connectivity index (χ1) is 14.3. The van der Waals surface area contributed by atoms with Gasteiger partial charge in [-0.2, -0.15) is 4.31 Å². The van der Waals surface area contributed by atoms with Gasteiger partial charge in [0.2, 0.25) is 10.0 Å². The van der Waals surface area contributed by atoms with Crippen LogP contribution in [-0.4, -0.2) is 36.7 Å².